The van der Waals surface area contributed by atoms with Crippen LogP contribution in [0.3, 0.4) is 0 Å². The standard InChI is InChI=1S/C9H8O.C5H5N5/c1-2-6-9-8(4-1)5-3-7-10-9;6-4-3-5(9-1-7-3)10-2-8-4/h1-6H,7H2;1-2H,(H3,6,7,8,9,10). The number of nitrogens with one attached hydrogen (secondary N) is 1. The molecule has 6 heteroatoms. The highest BCUT2D eigenvalue weighted by atomic mass is 16.5. The molecular formula is C14H13N5O. The number of rotatable bonds is 0. The lowest BCUT2D eigenvalue weighted by Crippen LogP contribution is -1.98. The Morgan fingerprint density at radius 2 is 2.05 bits per heavy atom. The number of nitrogens with zero attached hydrogens (tertiary/aromatic N) is 3. The average molecular weight is 267 g/mol. The Hall–Kier alpha value is -2.89. The van der Waals surface area contributed by atoms with E-state index >= 15 is 0 Å². The number of aromatic amines is 1. The molecule has 0 saturated carbocycles. The van der Waals surface area contributed by atoms with E-state index in [2.05, 4.69) is 26.0 Å². The van der Waals surface area contributed by atoms with E-state index in [0.717, 1.165) is 5.75 Å². The second kappa shape index (κ2) is 5.40. The van der Waals surface area contributed by atoms with Gasteiger partial charge in [-0.1, -0.05) is 24.3 Å². The lowest BCUT2D eigenvalue weighted by Gasteiger charge is -2.10. The van der Waals surface area contributed by atoms with Crippen molar-refractivity contribution >= 4 is 23.1 Å². The third-order valence-corrected chi connectivity index (χ3v) is 2.80. The summed E-state index contributed by atoms with van der Waals surface area (Å²) in [5.74, 6) is 1.42. The fraction of sp³-hybridized carbons (Fsp3) is 0.0714. The SMILES string of the molecule is C1=Cc2ccccc2OC1.Nc1ncnc2nc[nH]c12. The monoisotopic (exact) mass is 267 g/mol. The van der Waals surface area contributed by atoms with Gasteiger partial charge in [0.25, 0.3) is 0 Å². The Bertz CT molecular complexity index is 750. The fourth-order valence-electron chi connectivity index (χ4n) is 1.85. The number of imidazole rings is 1. The number of ether oxygens (including phenoxy) is 1. The summed E-state index contributed by atoms with van der Waals surface area (Å²) in [6.45, 7) is 0.705. The molecule has 4 rings (SSSR count). The number of hydrogen-bond acceptors (Lipinski definition) is 5. The fourth-order valence-corrected chi connectivity index (χ4v) is 1.85. The van der Waals surface area contributed by atoms with Crippen molar-refractivity contribution in [2.75, 3.05) is 12.3 Å². The molecule has 0 radical (unpaired) electrons. The van der Waals surface area contributed by atoms with E-state index in [4.69, 9.17) is 10.5 Å². The summed E-state index contributed by atoms with van der Waals surface area (Å²) in [6, 6.07) is 8.03. The molecule has 1 aliphatic rings. The minimum atomic E-state index is 0.433. The first-order valence-corrected chi connectivity index (χ1v) is 6.12. The van der Waals surface area contributed by atoms with Crippen molar-refractivity contribution in [3.63, 3.8) is 0 Å². The summed E-state index contributed by atoms with van der Waals surface area (Å²) >= 11 is 0. The van der Waals surface area contributed by atoms with E-state index in [-0.39, 0.29) is 0 Å². The molecule has 0 amide bonds. The Balaban J connectivity index is 0.000000121. The number of fused-ring (bicyclic) bond motifs is 2. The van der Waals surface area contributed by atoms with Crippen LogP contribution >= 0.6 is 0 Å². The van der Waals surface area contributed by atoms with Gasteiger partial charge in [0.1, 0.15) is 24.2 Å². The first kappa shape index (κ1) is 12.2. The minimum absolute atomic E-state index is 0.433. The molecule has 0 unspecified atom stereocenters. The molecule has 0 atom stereocenters. The molecule has 20 heavy (non-hydrogen) atoms. The van der Waals surface area contributed by atoms with Crippen LogP contribution in [0.25, 0.3) is 17.2 Å². The van der Waals surface area contributed by atoms with Crippen molar-refractivity contribution in [1.82, 2.24) is 19.9 Å². The quantitative estimate of drug-likeness (QED) is 0.650. The zero-order valence-electron chi connectivity index (χ0n) is 10.7. The van der Waals surface area contributed by atoms with E-state index in [9.17, 15) is 0 Å². The van der Waals surface area contributed by atoms with E-state index in [1.165, 1.54) is 18.2 Å². The highest BCUT2D eigenvalue weighted by molar-refractivity contribution is 5.80. The maximum Gasteiger partial charge on any atom is 0.182 e. The third kappa shape index (κ3) is 2.44. The summed E-state index contributed by atoms with van der Waals surface area (Å²) in [5, 5.41) is 0. The number of anilines is 1. The maximum absolute atomic E-state index is 5.48. The van der Waals surface area contributed by atoms with Crippen molar-refractivity contribution in [3.05, 3.63) is 48.6 Å². The third-order valence-electron chi connectivity index (χ3n) is 2.80. The molecule has 1 aliphatic heterocycles. The van der Waals surface area contributed by atoms with Crippen LogP contribution in [0.1, 0.15) is 5.56 Å². The number of H-pyrrole nitrogens is 1. The van der Waals surface area contributed by atoms with Gasteiger partial charge in [0.15, 0.2) is 11.5 Å². The number of benzene rings is 1. The number of para-hydroxylation sites is 1. The number of aromatic nitrogens is 4. The van der Waals surface area contributed by atoms with Gasteiger partial charge in [-0.15, -0.1) is 0 Å². The van der Waals surface area contributed by atoms with Gasteiger partial charge in [-0.3, -0.25) is 0 Å². The van der Waals surface area contributed by atoms with E-state index < -0.39 is 0 Å². The van der Waals surface area contributed by atoms with Crippen LogP contribution in [0, 0.1) is 0 Å². The molecule has 1 aromatic carbocycles. The number of nitrogen functional groups attached to an aromatic ring is 1. The van der Waals surface area contributed by atoms with Crippen LogP contribution in [-0.2, 0) is 0 Å². The largest absolute Gasteiger partial charge is 0.489 e. The molecule has 0 fully saturated rings. The van der Waals surface area contributed by atoms with Crippen molar-refractivity contribution in [1.29, 1.82) is 0 Å². The number of hydrogen-bond donors (Lipinski definition) is 2. The van der Waals surface area contributed by atoms with Gasteiger partial charge < -0.3 is 15.5 Å². The first-order chi connectivity index (χ1) is 9.84. The predicted molar refractivity (Wildman–Crippen MR) is 77.1 cm³/mol. The van der Waals surface area contributed by atoms with Crippen molar-refractivity contribution < 1.29 is 4.74 Å². The number of nitrogens with two attached hydrogens (primary N) is 1. The predicted octanol–water partition coefficient (Wildman–Crippen LogP) is 2.03. The lowest BCUT2D eigenvalue weighted by atomic mass is 10.1. The summed E-state index contributed by atoms with van der Waals surface area (Å²) < 4.78 is 5.34. The van der Waals surface area contributed by atoms with E-state index in [1.807, 2.05) is 30.3 Å². The summed E-state index contributed by atoms with van der Waals surface area (Å²) in [7, 11) is 0. The zero-order valence-corrected chi connectivity index (χ0v) is 10.7. The summed E-state index contributed by atoms with van der Waals surface area (Å²) in [5.41, 5.74) is 7.95. The van der Waals surface area contributed by atoms with Gasteiger partial charge in [0.2, 0.25) is 0 Å². The molecule has 0 aliphatic carbocycles. The van der Waals surface area contributed by atoms with Gasteiger partial charge in [-0.2, -0.15) is 0 Å². The van der Waals surface area contributed by atoms with Gasteiger partial charge >= 0.3 is 0 Å². The summed E-state index contributed by atoms with van der Waals surface area (Å²) in [6.07, 6.45) is 7.02. The molecule has 0 saturated heterocycles. The Morgan fingerprint density at radius 3 is 2.90 bits per heavy atom. The molecule has 3 N–H and O–H groups in total. The molecule has 2 aromatic heterocycles. The van der Waals surface area contributed by atoms with Gasteiger partial charge in [-0.25, -0.2) is 15.0 Å². The topological polar surface area (TPSA) is 89.7 Å². The highest BCUT2D eigenvalue weighted by Crippen LogP contribution is 2.21. The second-order valence-corrected chi connectivity index (χ2v) is 4.11. The normalized spacial score (nSPS) is 12.2. The molecule has 0 bridgehead atoms. The molecule has 0 spiro atoms. The molecule has 3 heterocycles. The minimum Gasteiger partial charge on any atom is -0.489 e. The summed E-state index contributed by atoms with van der Waals surface area (Å²) in [4.78, 5) is 14.4. The van der Waals surface area contributed by atoms with Gasteiger partial charge in [-0.05, 0) is 12.1 Å². The van der Waals surface area contributed by atoms with Crippen molar-refractivity contribution in [2.24, 2.45) is 0 Å². The Labute approximate surface area is 115 Å². The van der Waals surface area contributed by atoms with Crippen LogP contribution in [-0.4, -0.2) is 26.5 Å². The first-order valence-electron chi connectivity index (χ1n) is 6.12. The average Bonchev–Trinajstić information content (AvgIpc) is 2.98. The van der Waals surface area contributed by atoms with Crippen LogP contribution < -0.4 is 10.5 Å². The van der Waals surface area contributed by atoms with E-state index in [0.29, 0.717) is 23.6 Å². The smallest absolute Gasteiger partial charge is 0.182 e. The molecule has 100 valence electrons. The van der Waals surface area contributed by atoms with Crippen LogP contribution in [0.5, 0.6) is 5.75 Å². The highest BCUT2D eigenvalue weighted by Gasteiger charge is 2.01. The molecular weight excluding hydrogens is 254 g/mol. The van der Waals surface area contributed by atoms with Gasteiger partial charge in [0, 0.05) is 5.56 Å². The van der Waals surface area contributed by atoms with Crippen LogP contribution in [0.15, 0.2) is 43.0 Å². The van der Waals surface area contributed by atoms with Gasteiger partial charge in [0.05, 0.1) is 6.33 Å². The second-order valence-electron chi connectivity index (χ2n) is 4.11. The van der Waals surface area contributed by atoms with Crippen LogP contribution in [0.2, 0.25) is 0 Å². The lowest BCUT2D eigenvalue weighted by molar-refractivity contribution is 0.358. The molecule has 3 aromatic rings. The Kier molecular flexibility index (Phi) is 3.28. The Morgan fingerprint density at radius 1 is 1.15 bits per heavy atom. The van der Waals surface area contributed by atoms with E-state index in [1.54, 1.807) is 0 Å². The maximum atomic E-state index is 5.48. The zero-order chi connectivity index (χ0) is 13.8. The van der Waals surface area contributed by atoms with Crippen LogP contribution in [0.4, 0.5) is 5.82 Å². The van der Waals surface area contributed by atoms with Crippen molar-refractivity contribution in [2.45, 2.75) is 0 Å². The van der Waals surface area contributed by atoms with Crippen molar-refractivity contribution in [3.8, 4) is 5.75 Å². The molecule has 6 nitrogen and oxygen atoms in total.